The van der Waals surface area contributed by atoms with E-state index in [1.807, 2.05) is 0 Å². The van der Waals surface area contributed by atoms with Crippen molar-refractivity contribution in [1.82, 2.24) is 0 Å². The first kappa shape index (κ1) is 8.76. The molecule has 2 rings (SSSR count). The van der Waals surface area contributed by atoms with E-state index in [9.17, 15) is 5.11 Å². The number of aliphatic hydroxyl groups is 1. The van der Waals surface area contributed by atoms with Crippen LogP contribution in [0.2, 0.25) is 0 Å². The van der Waals surface area contributed by atoms with Gasteiger partial charge in [0.2, 0.25) is 0 Å². The Morgan fingerprint density at radius 1 is 1.46 bits per heavy atom. The first-order valence-electron chi connectivity index (χ1n) is 5.08. The molecule has 1 heteroatoms. The van der Waals surface area contributed by atoms with Gasteiger partial charge in [0, 0.05) is 5.92 Å². The second-order valence-electron chi connectivity index (χ2n) is 3.87. The Labute approximate surface area is 79.4 Å². The molecule has 1 aliphatic carbocycles. The normalized spacial score (nSPS) is 21.8. The van der Waals surface area contributed by atoms with E-state index in [1.165, 1.54) is 11.1 Å². The van der Waals surface area contributed by atoms with Crippen LogP contribution in [0.1, 0.15) is 36.8 Å². The average Bonchev–Trinajstić information content (AvgIpc) is 2.07. The Bertz CT molecular complexity index is 293. The third kappa shape index (κ3) is 1.49. The Balaban J connectivity index is 2.08. The van der Waals surface area contributed by atoms with Gasteiger partial charge >= 0.3 is 0 Å². The van der Waals surface area contributed by atoms with E-state index in [-0.39, 0.29) is 6.10 Å². The van der Waals surface area contributed by atoms with Crippen LogP contribution in [0, 0.1) is 0 Å². The molecule has 1 N–H and O–H groups in total. The molecule has 0 aromatic heterocycles. The molecule has 0 saturated heterocycles. The maximum atomic E-state index is 9.82. The van der Waals surface area contributed by atoms with Gasteiger partial charge in [-0.1, -0.05) is 37.6 Å². The Morgan fingerprint density at radius 2 is 2.23 bits per heavy atom. The maximum absolute atomic E-state index is 9.82. The number of fused-ring (bicyclic) bond motifs is 1. The smallest absolute Gasteiger partial charge is 0.0611 e. The summed E-state index contributed by atoms with van der Waals surface area (Å²) in [7, 11) is 0. The molecule has 0 spiro atoms. The Hall–Kier alpha value is -0.820. The lowest BCUT2D eigenvalue weighted by Gasteiger charge is -2.33. The van der Waals surface area contributed by atoms with Gasteiger partial charge in [-0.15, -0.1) is 0 Å². The molecule has 0 fully saturated rings. The number of hydrogen-bond acceptors (Lipinski definition) is 1. The fourth-order valence-electron chi connectivity index (χ4n) is 2.14. The summed E-state index contributed by atoms with van der Waals surface area (Å²) < 4.78 is 0. The molecule has 0 heterocycles. The third-order valence-corrected chi connectivity index (χ3v) is 2.94. The summed E-state index contributed by atoms with van der Waals surface area (Å²) in [5.41, 5.74) is 2.78. The van der Waals surface area contributed by atoms with Crippen molar-refractivity contribution in [3.05, 3.63) is 35.4 Å². The fourth-order valence-corrected chi connectivity index (χ4v) is 2.14. The maximum Gasteiger partial charge on any atom is 0.0611 e. The van der Waals surface area contributed by atoms with Gasteiger partial charge in [0.05, 0.1) is 6.10 Å². The van der Waals surface area contributed by atoms with Crippen molar-refractivity contribution in [2.75, 3.05) is 0 Å². The molecular weight excluding hydrogens is 160 g/mol. The number of aliphatic hydroxyl groups excluding tert-OH is 1. The van der Waals surface area contributed by atoms with Crippen LogP contribution >= 0.6 is 0 Å². The number of rotatable bonds is 3. The van der Waals surface area contributed by atoms with E-state index < -0.39 is 0 Å². The number of benzene rings is 1. The third-order valence-electron chi connectivity index (χ3n) is 2.94. The highest BCUT2D eigenvalue weighted by molar-refractivity contribution is 5.40. The van der Waals surface area contributed by atoms with Crippen molar-refractivity contribution >= 4 is 0 Å². The minimum atomic E-state index is -0.125. The van der Waals surface area contributed by atoms with Crippen molar-refractivity contribution in [3.8, 4) is 0 Å². The summed E-state index contributed by atoms with van der Waals surface area (Å²) >= 11 is 0. The van der Waals surface area contributed by atoms with Gasteiger partial charge in [0.15, 0.2) is 0 Å². The molecule has 2 atom stereocenters. The minimum Gasteiger partial charge on any atom is -0.392 e. The highest BCUT2D eigenvalue weighted by Gasteiger charge is 2.30. The molecule has 1 aromatic rings. The van der Waals surface area contributed by atoms with Gasteiger partial charge < -0.3 is 5.11 Å². The molecule has 1 nitrogen and oxygen atoms in total. The van der Waals surface area contributed by atoms with Gasteiger partial charge in [-0.3, -0.25) is 0 Å². The van der Waals surface area contributed by atoms with E-state index in [1.54, 1.807) is 0 Å². The monoisotopic (exact) mass is 176 g/mol. The lowest BCUT2D eigenvalue weighted by Crippen LogP contribution is -2.28. The van der Waals surface area contributed by atoms with Crippen molar-refractivity contribution in [2.24, 2.45) is 0 Å². The van der Waals surface area contributed by atoms with Crippen molar-refractivity contribution < 1.29 is 5.11 Å². The molecule has 0 aliphatic heterocycles. The van der Waals surface area contributed by atoms with Crippen LogP contribution in [0.5, 0.6) is 0 Å². The zero-order chi connectivity index (χ0) is 9.26. The van der Waals surface area contributed by atoms with Crippen molar-refractivity contribution in [3.63, 3.8) is 0 Å². The summed E-state index contributed by atoms with van der Waals surface area (Å²) in [6, 6.07) is 8.43. The second kappa shape index (κ2) is 3.51. The quantitative estimate of drug-likeness (QED) is 0.750. The first-order chi connectivity index (χ1) is 6.33. The van der Waals surface area contributed by atoms with Crippen LogP contribution in [-0.4, -0.2) is 11.2 Å². The molecule has 0 bridgehead atoms. The average molecular weight is 176 g/mol. The topological polar surface area (TPSA) is 20.2 Å². The molecule has 0 saturated carbocycles. The van der Waals surface area contributed by atoms with Crippen LogP contribution in [0.3, 0.4) is 0 Å². The van der Waals surface area contributed by atoms with Crippen LogP contribution < -0.4 is 0 Å². The molecule has 1 aliphatic rings. The van der Waals surface area contributed by atoms with E-state index in [2.05, 4.69) is 31.2 Å². The predicted octanol–water partition coefficient (Wildman–Crippen LogP) is 2.49. The summed E-state index contributed by atoms with van der Waals surface area (Å²) in [5, 5.41) is 9.82. The van der Waals surface area contributed by atoms with Gasteiger partial charge in [-0.05, 0) is 24.0 Å². The zero-order valence-electron chi connectivity index (χ0n) is 8.03. The van der Waals surface area contributed by atoms with Crippen molar-refractivity contribution in [2.45, 2.75) is 38.2 Å². The Kier molecular flexibility index (Phi) is 2.36. The SMILES string of the molecule is CCC[C@@H](O)C1Cc2ccccc21. The van der Waals surface area contributed by atoms with Gasteiger partial charge in [-0.25, -0.2) is 0 Å². The van der Waals surface area contributed by atoms with Gasteiger partial charge in [0.1, 0.15) is 0 Å². The highest BCUT2D eigenvalue weighted by Crippen LogP contribution is 2.38. The standard InChI is InChI=1S/C12H16O/c1-2-5-12(13)11-8-9-6-3-4-7-10(9)11/h3-4,6-7,11-13H,2,5,8H2,1H3/t11?,12-/m1/s1. The molecule has 0 amide bonds. The lowest BCUT2D eigenvalue weighted by atomic mass is 9.73. The van der Waals surface area contributed by atoms with Crippen LogP contribution in [0.25, 0.3) is 0 Å². The van der Waals surface area contributed by atoms with Crippen LogP contribution in [0.4, 0.5) is 0 Å². The van der Waals surface area contributed by atoms with Crippen LogP contribution in [-0.2, 0) is 6.42 Å². The van der Waals surface area contributed by atoms with E-state index in [4.69, 9.17) is 0 Å². The second-order valence-corrected chi connectivity index (χ2v) is 3.87. The molecular formula is C12H16O. The summed E-state index contributed by atoms with van der Waals surface area (Å²) in [6.07, 6.45) is 2.94. The molecule has 1 unspecified atom stereocenters. The van der Waals surface area contributed by atoms with E-state index >= 15 is 0 Å². The predicted molar refractivity (Wildman–Crippen MR) is 53.8 cm³/mol. The molecule has 13 heavy (non-hydrogen) atoms. The first-order valence-corrected chi connectivity index (χ1v) is 5.08. The molecule has 70 valence electrons. The minimum absolute atomic E-state index is 0.125. The van der Waals surface area contributed by atoms with Gasteiger partial charge in [-0.2, -0.15) is 0 Å². The lowest BCUT2D eigenvalue weighted by molar-refractivity contribution is 0.123. The highest BCUT2D eigenvalue weighted by atomic mass is 16.3. The summed E-state index contributed by atoms with van der Waals surface area (Å²) in [5.74, 6) is 0.413. The zero-order valence-corrected chi connectivity index (χ0v) is 8.03. The van der Waals surface area contributed by atoms with Crippen LogP contribution in [0.15, 0.2) is 24.3 Å². The van der Waals surface area contributed by atoms with Crippen molar-refractivity contribution in [1.29, 1.82) is 0 Å². The van der Waals surface area contributed by atoms with E-state index in [0.717, 1.165) is 19.3 Å². The van der Waals surface area contributed by atoms with Gasteiger partial charge in [0.25, 0.3) is 0 Å². The fraction of sp³-hybridized carbons (Fsp3) is 0.500. The molecule has 1 aromatic carbocycles. The molecule has 0 radical (unpaired) electrons. The summed E-state index contributed by atoms with van der Waals surface area (Å²) in [6.45, 7) is 2.12. The Morgan fingerprint density at radius 3 is 2.92 bits per heavy atom. The number of hydrogen-bond donors (Lipinski definition) is 1. The largest absolute Gasteiger partial charge is 0.392 e. The van der Waals surface area contributed by atoms with E-state index in [0.29, 0.717) is 5.92 Å². The summed E-state index contributed by atoms with van der Waals surface area (Å²) in [4.78, 5) is 0.